The Kier molecular flexibility index (Phi) is 4.03. The number of amides is 1. The molecule has 1 aliphatic heterocycles. The summed E-state index contributed by atoms with van der Waals surface area (Å²) in [6.07, 6.45) is 1.69. The van der Waals surface area contributed by atoms with Crippen molar-refractivity contribution in [2.45, 2.75) is 13.0 Å². The van der Waals surface area contributed by atoms with Gasteiger partial charge in [0, 0.05) is 37.7 Å². The molecule has 1 aromatic carbocycles. The maximum Gasteiger partial charge on any atom is 0.270 e. The summed E-state index contributed by atoms with van der Waals surface area (Å²) in [6.45, 7) is 3.36. The Morgan fingerprint density at radius 2 is 2.12 bits per heavy atom. The van der Waals surface area contributed by atoms with Gasteiger partial charge in [-0.1, -0.05) is 0 Å². The van der Waals surface area contributed by atoms with Crippen molar-refractivity contribution < 1.29 is 13.9 Å². The number of rotatable bonds is 2. The topological polar surface area (TPSA) is 52.3 Å². The summed E-state index contributed by atoms with van der Waals surface area (Å²) < 4.78 is 23.1. The lowest BCUT2D eigenvalue weighted by Crippen LogP contribution is -2.43. The van der Waals surface area contributed by atoms with E-state index in [1.807, 2.05) is 36.4 Å². The second-order valence-corrected chi connectivity index (χ2v) is 6.75. The van der Waals surface area contributed by atoms with Crippen LogP contribution in [0.1, 0.15) is 28.1 Å². The van der Waals surface area contributed by atoms with Gasteiger partial charge in [0.2, 0.25) is 0 Å². The lowest BCUT2D eigenvalue weighted by molar-refractivity contribution is -0.0282. The molecule has 0 N–H and O–H groups in total. The Balaban J connectivity index is 1.62. The van der Waals surface area contributed by atoms with Crippen LogP contribution in [0.15, 0.2) is 30.5 Å². The molecule has 0 saturated carbocycles. The number of ether oxygens (including phenoxy) is 1. The molecule has 2 aromatic heterocycles. The van der Waals surface area contributed by atoms with Crippen molar-refractivity contribution in [3.8, 4) is 0 Å². The summed E-state index contributed by atoms with van der Waals surface area (Å²) in [4.78, 5) is 19.4. The predicted octanol–water partition coefficient (Wildman–Crippen LogP) is 2.57. The fourth-order valence-corrected chi connectivity index (χ4v) is 3.61. The van der Waals surface area contributed by atoms with E-state index in [2.05, 4.69) is 4.98 Å². The first-order chi connectivity index (χ1) is 12.4. The molecule has 7 heteroatoms. The highest BCUT2D eigenvalue weighted by Gasteiger charge is 2.30. The van der Waals surface area contributed by atoms with Gasteiger partial charge in [-0.2, -0.15) is 0 Å². The standard InChI is InChI=1S/C19H21FN4O2/c1-12-10-22(2)18(21-12)17-11-24(6-7-26-17)19(25)16-9-13-8-14(20)4-5-15(13)23(16)3/h4-5,8-10,17H,6-7,11H2,1-3H3/t17-/m0/s1. The lowest BCUT2D eigenvalue weighted by atomic mass is 10.2. The van der Waals surface area contributed by atoms with Gasteiger partial charge < -0.3 is 18.8 Å². The van der Waals surface area contributed by atoms with Gasteiger partial charge in [0.25, 0.3) is 5.91 Å². The second kappa shape index (κ2) is 6.25. The van der Waals surface area contributed by atoms with Crippen LogP contribution in [-0.2, 0) is 18.8 Å². The van der Waals surface area contributed by atoms with Crippen molar-refractivity contribution in [2.75, 3.05) is 19.7 Å². The maximum atomic E-state index is 13.5. The van der Waals surface area contributed by atoms with Crippen LogP contribution in [0.2, 0.25) is 0 Å². The Bertz CT molecular complexity index is 991. The minimum absolute atomic E-state index is 0.0802. The highest BCUT2D eigenvalue weighted by molar-refractivity contribution is 5.98. The third-order valence-corrected chi connectivity index (χ3v) is 4.90. The molecule has 0 aliphatic carbocycles. The monoisotopic (exact) mass is 356 g/mol. The lowest BCUT2D eigenvalue weighted by Gasteiger charge is -2.32. The van der Waals surface area contributed by atoms with Crippen LogP contribution in [0.4, 0.5) is 4.39 Å². The highest BCUT2D eigenvalue weighted by Crippen LogP contribution is 2.25. The minimum Gasteiger partial charge on any atom is -0.367 e. The number of benzene rings is 1. The molecular formula is C19H21FN4O2. The van der Waals surface area contributed by atoms with Crippen molar-refractivity contribution in [3.63, 3.8) is 0 Å². The smallest absolute Gasteiger partial charge is 0.270 e. The Labute approximate surface area is 150 Å². The average Bonchev–Trinajstić information content (AvgIpc) is 3.13. The zero-order valence-electron chi connectivity index (χ0n) is 15.1. The number of imidazole rings is 1. The summed E-state index contributed by atoms with van der Waals surface area (Å²) >= 11 is 0. The molecule has 0 radical (unpaired) electrons. The number of carbonyl (C=O) groups excluding carboxylic acids is 1. The van der Waals surface area contributed by atoms with Crippen LogP contribution in [0.5, 0.6) is 0 Å². The Morgan fingerprint density at radius 1 is 1.31 bits per heavy atom. The van der Waals surface area contributed by atoms with E-state index in [1.165, 1.54) is 12.1 Å². The molecular weight excluding hydrogens is 335 g/mol. The molecule has 1 amide bonds. The number of hydrogen-bond acceptors (Lipinski definition) is 3. The molecule has 3 heterocycles. The maximum absolute atomic E-state index is 13.5. The zero-order chi connectivity index (χ0) is 18.4. The van der Waals surface area contributed by atoms with Crippen molar-refractivity contribution >= 4 is 16.8 Å². The number of aryl methyl sites for hydroxylation is 3. The van der Waals surface area contributed by atoms with E-state index in [0.717, 1.165) is 22.4 Å². The fraction of sp³-hybridized carbons (Fsp3) is 0.368. The molecule has 0 bridgehead atoms. The van der Waals surface area contributed by atoms with Crippen molar-refractivity contribution in [1.82, 2.24) is 19.0 Å². The summed E-state index contributed by atoms with van der Waals surface area (Å²) in [5.41, 5.74) is 2.30. The van der Waals surface area contributed by atoms with Gasteiger partial charge in [0.1, 0.15) is 23.4 Å². The number of fused-ring (bicyclic) bond motifs is 1. The van der Waals surface area contributed by atoms with Gasteiger partial charge >= 0.3 is 0 Å². The number of aromatic nitrogens is 3. The second-order valence-electron chi connectivity index (χ2n) is 6.75. The van der Waals surface area contributed by atoms with Gasteiger partial charge in [-0.15, -0.1) is 0 Å². The molecule has 4 rings (SSSR count). The summed E-state index contributed by atoms with van der Waals surface area (Å²) in [5, 5.41) is 0.723. The van der Waals surface area contributed by atoms with Crippen LogP contribution < -0.4 is 0 Å². The van der Waals surface area contributed by atoms with Crippen LogP contribution >= 0.6 is 0 Å². The van der Waals surface area contributed by atoms with Crippen molar-refractivity contribution in [1.29, 1.82) is 0 Å². The number of halogens is 1. The third-order valence-electron chi connectivity index (χ3n) is 4.90. The molecule has 1 aliphatic rings. The van der Waals surface area contributed by atoms with E-state index < -0.39 is 0 Å². The average molecular weight is 356 g/mol. The number of hydrogen-bond donors (Lipinski definition) is 0. The first kappa shape index (κ1) is 16.8. The van der Waals surface area contributed by atoms with E-state index in [4.69, 9.17) is 4.74 Å². The summed E-state index contributed by atoms with van der Waals surface area (Å²) in [5.74, 6) is 0.432. The number of morpholine rings is 1. The van der Waals surface area contributed by atoms with Gasteiger partial charge in [0.05, 0.1) is 18.8 Å². The SMILES string of the molecule is Cc1cn(C)c([C@@H]2CN(C(=O)c3cc4cc(F)ccc4n3C)CCO2)n1. The number of nitrogens with zero attached hydrogens (tertiary/aromatic N) is 4. The minimum atomic E-state index is -0.307. The normalized spacial score (nSPS) is 17.8. The van der Waals surface area contributed by atoms with Crippen LogP contribution in [0.25, 0.3) is 10.9 Å². The van der Waals surface area contributed by atoms with E-state index in [0.29, 0.717) is 25.4 Å². The quantitative estimate of drug-likeness (QED) is 0.709. The van der Waals surface area contributed by atoms with E-state index in [1.54, 1.807) is 17.0 Å². The zero-order valence-corrected chi connectivity index (χ0v) is 15.1. The predicted molar refractivity (Wildman–Crippen MR) is 95.4 cm³/mol. The molecule has 1 fully saturated rings. The first-order valence-corrected chi connectivity index (χ1v) is 8.60. The Hall–Kier alpha value is -2.67. The Morgan fingerprint density at radius 3 is 2.85 bits per heavy atom. The van der Waals surface area contributed by atoms with Crippen molar-refractivity contribution in [3.05, 3.63) is 53.5 Å². The molecule has 1 saturated heterocycles. The molecule has 1 atom stereocenters. The number of carbonyl (C=O) groups is 1. The highest BCUT2D eigenvalue weighted by atomic mass is 19.1. The van der Waals surface area contributed by atoms with Gasteiger partial charge in [-0.25, -0.2) is 9.37 Å². The molecule has 0 spiro atoms. The fourth-order valence-electron chi connectivity index (χ4n) is 3.61. The summed E-state index contributed by atoms with van der Waals surface area (Å²) in [6, 6.07) is 6.30. The molecule has 0 unspecified atom stereocenters. The van der Waals surface area contributed by atoms with Gasteiger partial charge in [0.15, 0.2) is 0 Å². The molecule has 136 valence electrons. The molecule has 26 heavy (non-hydrogen) atoms. The van der Waals surface area contributed by atoms with Gasteiger partial charge in [-0.05, 0) is 31.2 Å². The van der Waals surface area contributed by atoms with Crippen molar-refractivity contribution in [2.24, 2.45) is 14.1 Å². The largest absolute Gasteiger partial charge is 0.367 e. The van der Waals surface area contributed by atoms with Crippen LogP contribution in [-0.4, -0.2) is 44.6 Å². The van der Waals surface area contributed by atoms with Gasteiger partial charge in [-0.3, -0.25) is 4.79 Å². The molecule has 6 nitrogen and oxygen atoms in total. The third kappa shape index (κ3) is 2.78. The summed E-state index contributed by atoms with van der Waals surface area (Å²) in [7, 11) is 3.76. The van der Waals surface area contributed by atoms with E-state index in [-0.39, 0.29) is 17.8 Å². The van der Waals surface area contributed by atoms with Crippen LogP contribution in [0.3, 0.4) is 0 Å². The van der Waals surface area contributed by atoms with E-state index in [9.17, 15) is 9.18 Å². The first-order valence-electron chi connectivity index (χ1n) is 8.60. The van der Waals surface area contributed by atoms with Crippen LogP contribution in [0, 0.1) is 12.7 Å². The van der Waals surface area contributed by atoms with E-state index >= 15 is 0 Å². The molecule has 3 aromatic rings.